The average molecular weight is 324 g/mol. The highest BCUT2D eigenvalue weighted by atomic mass is 15.3. The van der Waals surface area contributed by atoms with Crippen LogP contribution in [0, 0.1) is 20.8 Å². The number of rotatable bonds is 3. The van der Waals surface area contributed by atoms with Crippen LogP contribution in [0.5, 0.6) is 0 Å². The Hall–Kier alpha value is -2.21. The predicted molar refractivity (Wildman–Crippen MR) is 92.8 cm³/mol. The maximum Gasteiger partial charge on any atom is 0.159 e. The lowest BCUT2D eigenvalue weighted by molar-refractivity contribution is 0.237. The monoisotopic (exact) mass is 324 g/mol. The van der Waals surface area contributed by atoms with Crippen molar-refractivity contribution >= 4 is 5.65 Å². The van der Waals surface area contributed by atoms with Gasteiger partial charge in [0.25, 0.3) is 0 Å². The van der Waals surface area contributed by atoms with E-state index in [1.54, 1.807) is 0 Å². The molecule has 24 heavy (non-hydrogen) atoms. The highest BCUT2D eigenvalue weighted by molar-refractivity contribution is 5.48. The molecule has 0 N–H and O–H groups in total. The molecule has 6 nitrogen and oxygen atoms in total. The van der Waals surface area contributed by atoms with Crippen LogP contribution in [0.3, 0.4) is 0 Å². The summed E-state index contributed by atoms with van der Waals surface area (Å²) in [7, 11) is 2.09. The lowest BCUT2D eigenvalue weighted by Gasteiger charge is -2.23. The molecule has 1 aliphatic heterocycles. The summed E-state index contributed by atoms with van der Waals surface area (Å²) in [4.78, 5) is 12.0. The molecule has 1 aliphatic rings. The van der Waals surface area contributed by atoms with Gasteiger partial charge in [0, 0.05) is 36.7 Å². The zero-order chi connectivity index (χ0) is 16.8. The van der Waals surface area contributed by atoms with Crippen molar-refractivity contribution in [2.45, 2.75) is 46.2 Å². The molecule has 3 aromatic rings. The molecule has 0 unspecified atom stereocenters. The summed E-state index contributed by atoms with van der Waals surface area (Å²) < 4.78 is 4.11. The van der Waals surface area contributed by atoms with Crippen molar-refractivity contribution in [2.24, 2.45) is 7.05 Å². The van der Waals surface area contributed by atoms with Gasteiger partial charge in [-0.1, -0.05) is 0 Å². The molecule has 0 spiro atoms. The predicted octanol–water partition coefficient (Wildman–Crippen LogP) is 2.73. The quantitative estimate of drug-likeness (QED) is 0.743. The third-order valence-corrected chi connectivity index (χ3v) is 4.92. The number of hydrogen-bond donors (Lipinski definition) is 0. The summed E-state index contributed by atoms with van der Waals surface area (Å²) >= 11 is 0. The Morgan fingerprint density at radius 3 is 2.75 bits per heavy atom. The molecule has 0 bridgehead atoms. The van der Waals surface area contributed by atoms with E-state index in [0.29, 0.717) is 6.04 Å². The first-order valence-corrected chi connectivity index (χ1v) is 8.57. The number of imidazole rings is 1. The summed E-state index contributed by atoms with van der Waals surface area (Å²) in [6.45, 7) is 8.14. The summed E-state index contributed by atoms with van der Waals surface area (Å²) in [6, 6.07) is 2.45. The second kappa shape index (κ2) is 5.70. The summed E-state index contributed by atoms with van der Waals surface area (Å²) in [5.74, 6) is 1.17. The van der Waals surface area contributed by atoms with Gasteiger partial charge in [0.2, 0.25) is 0 Å². The smallest absolute Gasteiger partial charge is 0.159 e. The van der Waals surface area contributed by atoms with Crippen LogP contribution < -0.4 is 0 Å². The van der Waals surface area contributed by atoms with Crippen LogP contribution in [0.4, 0.5) is 0 Å². The van der Waals surface area contributed by atoms with E-state index in [9.17, 15) is 0 Å². The summed E-state index contributed by atoms with van der Waals surface area (Å²) in [5.41, 5.74) is 5.43. The minimum atomic E-state index is 0.379. The van der Waals surface area contributed by atoms with E-state index < -0.39 is 0 Å². The SMILES string of the molecule is Cc1cn(C)c([C@H]2CCCN2Cc2cnn3c(C)cc(C)nc23)n1. The largest absolute Gasteiger partial charge is 0.336 e. The first-order valence-electron chi connectivity index (χ1n) is 8.57. The topological polar surface area (TPSA) is 51.2 Å². The van der Waals surface area contributed by atoms with Crippen molar-refractivity contribution in [3.8, 4) is 0 Å². The van der Waals surface area contributed by atoms with Crippen LogP contribution in [0.2, 0.25) is 0 Å². The average Bonchev–Trinajstić information content (AvgIpc) is 3.20. The maximum absolute atomic E-state index is 4.75. The van der Waals surface area contributed by atoms with Crippen molar-refractivity contribution < 1.29 is 0 Å². The van der Waals surface area contributed by atoms with Gasteiger partial charge in [0.05, 0.1) is 17.9 Å². The van der Waals surface area contributed by atoms with Crippen molar-refractivity contribution in [3.05, 3.63) is 46.9 Å². The van der Waals surface area contributed by atoms with Crippen LogP contribution in [0.25, 0.3) is 5.65 Å². The second-order valence-corrected chi connectivity index (χ2v) is 6.92. The summed E-state index contributed by atoms with van der Waals surface area (Å²) in [5, 5.41) is 4.53. The summed E-state index contributed by atoms with van der Waals surface area (Å²) in [6.07, 6.45) is 6.44. The molecule has 0 aromatic carbocycles. The molecule has 6 heteroatoms. The van der Waals surface area contributed by atoms with Crippen LogP contribution in [0.15, 0.2) is 18.5 Å². The number of nitrogens with zero attached hydrogens (tertiary/aromatic N) is 6. The maximum atomic E-state index is 4.75. The number of aromatic nitrogens is 5. The lowest BCUT2D eigenvalue weighted by atomic mass is 10.2. The molecule has 0 saturated carbocycles. The van der Waals surface area contributed by atoms with Crippen LogP contribution in [-0.4, -0.2) is 35.6 Å². The number of hydrogen-bond acceptors (Lipinski definition) is 4. The molecule has 4 heterocycles. The minimum Gasteiger partial charge on any atom is -0.336 e. The highest BCUT2D eigenvalue weighted by Crippen LogP contribution is 2.32. The first-order chi connectivity index (χ1) is 11.5. The van der Waals surface area contributed by atoms with Gasteiger partial charge in [-0.2, -0.15) is 5.10 Å². The Bertz CT molecular complexity index is 890. The molecule has 1 atom stereocenters. The highest BCUT2D eigenvalue weighted by Gasteiger charge is 2.30. The number of aryl methyl sites for hydroxylation is 4. The Balaban J connectivity index is 1.66. The Morgan fingerprint density at radius 2 is 2.00 bits per heavy atom. The molecule has 4 rings (SSSR count). The van der Waals surface area contributed by atoms with Crippen LogP contribution >= 0.6 is 0 Å². The molecular weight excluding hydrogens is 300 g/mol. The Morgan fingerprint density at radius 1 is 1.17 bits per heavy atom. The van der Waals surface area contributed by atoms with Gasteiger partial charge in [0.15, 0.2) is 5.65 Å². The Kier molecular flexibility index (Phi) is 3.64. The van der Waals surface area contributed by atoms with E-state index in [2.05, 4.69) is 47.7 Å². The molecular formula is C18H24N6. The molecule has 126 valence electrons. The van der Waals surface area contributed by atoms with Gasteiger partial charge in [-0.25, -0.2) is 14.5 Å². The molecule has 1 fully saturated rings. The van der Waals surface area contributed by atoms with Crippen molar-refractivity contribution in [1.29, 1.82) is 0 Å². The van der Waals surface area contributed by atoms with E-state index in [1.165, 1.54) is 17.8 Å². The lowest BCUT2D eigenvalue weighted by Crippen LogP contribution is -2.25. The van der Waals surface area contributed by atoms with Crippen molar-refractivity contribution in [3.63, 3.8) is 0 Å². The molecule has 3 aromatic heterocycles. The van der Waals surface area contributed by atoms with Gasteiger partial charge in [-0.3, -0.25) is 4.90 Å². The molecule has 1 saturated heterocycles. The third kappa shape index (κ3) is 2.51. The van der Waals surface area contributed by atoms with E-state index in [-0.39, 0.29) is 0 Å². The van der Waals surface area contributed by atoms with Gasteiger partial charge < -0.3 is 4.57 Å². The van der Waals surface area contributed by atoms with Crippen molar-refractivity contribution in [1.82, 2.24) is 29.0 Å². The number of likely N-dealkylation sites (tertiary alicyclic amines) is 1. The van der Waals surface area contributed by atoms with Crippen molar-refractivity contribution in [2.75, 3.05) is 6.54 Å². The standard InChI is InChI=1S/C18H24N6/c1-12-8-14(3)24-17(20-12)15(9-19-24)11-23-7-5-6-16(23)18-21-13(2)10-22(18)4/h8-10,16H,5-7,11H2,1-4H3/t16-/m1/s1. The zero-order valence-corrected chi connectivity index (χ0v) is 14.8. The normalized spacial score (nSPS) is 18.8. The second-order valence-electron chi connectivity index (χ2n) is 6.92. The fraction of sp³-hybridized carbons (Fsp3) is 0.500. The third-order valence-electron chi connectivity index (χ3n) is 4.92. The van der Waals surface area contributed by atoms with E-state index in [1.807, 2.05) is 17.6 Å². The minimum absolute atomic E-state index is 0.379. The van der Waals surface area contributed by atoms with Crippen LogP contribution in [0.1, 0.15) is 47.4 Å². The van der Waals surface area contributed by atoms with E-state index >= 15 is 0 Å². The molecule has 0 amide bonds. The fourth-order valence-corrected chi connectivity index (χ4v) is 3.90. The van der Waals surface area contributed by atoms with Crippen LogP contribution in [-0.2, 0) is 13.6 Å². The van der Waals surface area contributed by atoms with Gasteiger partial charge in [-0.15, -0.1) is 0 Å². The zero-order valence-electron chi connectivity index (χ0n) is 14.8. The fourth-order valence-electron chi connectivity index (χ4n) is 3.90. The van der Waals surface area contributed by atoms with E-state index in [0.717, 1.165) is 42.2 Å². The number of fused-ring (bicyclic) bond motifs is 1. The Labute approximate surface area is 142 Å². The van der Waals surface area contributed by atoms with Gasteiger partial charge in [0.1, 0.15) is 5.82 Å². The van der Waals surface area contributed by atoms with Gasteiger partial charge >= 0.3 is 0 Å². The molecule has 0 aliphatic carbocycles. The molecule has 0 radical (unpaired) electrons. The van der Waals surface area contributed by atoms with E-state index in [4.69, 9.17) is 9.97 Å². The first kappa shape index (κ1) is 15.3. The van der Waals surface area contributed by atoms with Gasteiger partial charge in [-0.05, 0) is 46.2 Å².